The number of hydrogen-bond acceptors (Lipinski definition) is 5. The lowest BCUT2D eigenvalue weighted by atomic mass is 10.0. The summed E-state index contributed by atoms with van der Waals surface area (Å²) in [5, 5.41) is 9.55. The van der Waals surface area contributed by atoms with E-state index in [1.165, 1.54) is 16.7 Å². The molecule has 1 aromatic heterocycles. The van der Waals surface area contributed by atoms with Gasteiger partial charge in [0.15, 0.2) is 0 Å². The van der Waals surface area contributed by atoms with Crippen LogP contribution in [0.4, 0.5) is 5.95 Å². The van der Waals surface area contributed by atoms with E-state index >= 15 is 0 Å². The molecule has 0 atom stereocenters. The number of benzene rings is 2. The van der Waals surface area contributed by atoms with E-state index < -0.39 is 0 Å². The molecule has 3 aromatic rings. The van der Waals surface area contributed by atoms with E-state index in [4.69, 9.17) is 4.98 Å². The molecule has 0 saturated carbocycles. The summed E-state index contributed by atoms with van der Waals surface area (Å²) in [6, 6.07) is 19.1. The zero-order chi connectivity index (χ0) is 21.9. The molecular weight excluding hydrogens is 400 g/mol. The SMILES string of the molecule is O=c1c2c(nc(N3CCCC3)n1CCO)CCN(Cc1ccc(-c3ccccc3)cc1)C2. The normalized spacial score (nSPS) is 16.3. The molecule has 2 aliphatic rings. The van der Waals surface area contributed by atoms with Crippen molar-refractivity contribution < 1.29 is 5.11 Å². The highest BCUT2D eigenvalue weighted by Gasteiger charge is 2.26. The van der Waals surface area contributed by atoms with E-state index in [9.17, 15) is 9.90 Å². The molecule has 32 heavy (non-hydrogen) atoms. The predicted octanol–water partition coefficient (Wildman–Crippen LogP) is 3.06. The summed E-state index contributed by atoms with van der Waals surface area (Å²) in [6.45, 7) is 4.41. The van der Waals surface area contributed by atoms with E-state index in [0.29, 0.717) is 13.1 Å². The Morgan fingerprint density at radius 1 is 0.906 bits per heavy atom. The van der Waals surface area contributed by atoms with Gasteiger partial charge in [-0.3, -0.25) is 14.3 Å². The summed E-state index contributed by atoms with van der Waals surface area (Å²) in [7, 11) is 0. The topological polar surface area (TPSA) is 61.6 Å². The van der Waals surface area contributed by atoms with Crippen molar-refractivity contribution in [3.8, 4) is 11.1 Å². The maximum Gasteiger partial charge on any atom is 0.259 e. The molecule has 5 rings (SSSR count). The van der Waals surface area contributed by atoms with Crippen molar-refractivity contribution in [1.29, 1.82) is 0 Å². The first kappa shape index (κ1) is 20.9. The average molecular weight is 431 g/mol. The van der Waals surface area contributed by atoms with Crippen LogP contribution in [0, 0.1) is 0 Å². The summed E-state index contributed by atoms with van der Waals surface area (Å²) in [5.41, 5.74) is 5.40. The monoisotopic (exact) mass is 430 g/mol. The van der Waals surface area contributed by atoms with Crippen molar-refractivity contribution in [2.24, 2.45) is 0 Å². The van der Waals surface area contributed by atoms with Crippen LogP contribution < -0.4 is 10.5 Å². The summed E-state index contributed by atoms with van der Waals surface area (Å²) in [6.07, 6.45) is 3.04. The molecule has 1 saturated heterocycles. The van der Waals surface area contributed by atoms with Gasteiger partial charge in [-0.25, -0.2) is 4.98 Å². The number of nitrogens with zero attached hydrogens (tertiary/aromatic N) is 4. The van der Waals surface area contributed by atoms with Gasteiger partial charge in [0, 0.05) is 39.1 Å². The van der Waals surface area contributed by atoms with Crippen LogP contribution in [0.3, 0.4) is 0 Å². The zero-order valence-corrected chi connectivity index (χ0v) is 18.4. The molecule has 0 amide bonds. The smallest absolute Gasteiger partial charge is 0.259 e. The molecule has 166 valence electrons. The molecule has 6 nitrogen and oxygen atoms in total. The fourth-order valence-corrected chi connectivity index (χ4v) is 4.84. The summed E-state index contributed by atoms with van der Waals surface area (Å²) < 4.78 is 1.68. The maximum atomic E-state index is 13.3. The van der Waals surface area contributed by atoms with E-state index in [1.807, 2.05) is 6.07 Å². The van der Waals surface area contributed by atoms with Crippen LogP contribution in [0.1, 0.15) is 29.7 Å². The first-order valence-corrected chi connectivity index (χ1v) is 11.6. The minimum absolute atomic E-state index is 0.00933. The standard InChI is InChI=1S/C26H30N4O2/c31-17-16-30-25(32)23-19-28(15-12-24(23)27-26(30)29-13-4-5-14-29)18-20-8-10-22(11-9-20)21-6-2-1-3-7-21/h1-3,6-11,31H,4-5,12-19H2. The number of anilines is 1. The van der Waals surface area contributed by atoms with Crippen molar-refractivity contribution in [3.05, 3.63) is 81.8 Å². The lowest BCUT2D eigenvalue weighted by molar-refractivity contribution is 0.238. The second-order valence-corrected chi connectivity index (χ2v) is 8.74. The van der Waals surface area contributed by atoms with Crippen molar-refractivity contribution >= 4 is 5.95 Å². The first-order valence-electron chi connectivity index (χ1n) is 11.6. The fraction of sp³-hybridized carbons (Fsp3) is 0.385. The highest BCUT2D eigenvalue weighted by Crippen LogP contribution is 2.24. The van der Waals surface area contributed by atoms with Gasteiger partial charge >= 0.3 is 0 Å². The molecule has 1 N–H and O–H groups in total. The molecule has 0 radical (unpaired) electrons. The number of hydrogen-bond donors (Lipinski definition) is 1. The van der Waals surface area contributed by atoms with Crippen molar-refractivity contribution in [2.75, 3.05) is 31.1 Å². The Labute approximate surface area is 188 Å². The summed E-state index contributed by atoms with van der Waals surface area (Å²) in [4.78, 5) is 22.8. The molecule has 0 bridgehead atoms. The molecule has 6 heteroatoms. The number of rotatable bonds is 6. The third kappa shape index (κ3) is 4.20. The third-order valence-electron chi connectivity index (χ3n) is 6.55. The van der Waals surface area contributed by atoms with Crippen LogP contribution in [-0.2, 0) is 26.1 Å². The quantitative estimate of drug-likeness (QED) is 0.651. The molecule has 2 aliphatic heterocycles. The molecule has 0 unspecified atom stereocenters. The van der Waals surface area contributed by atoms with E-state index in [1.54, 1.807) is 4.57 Å². The predicted molar refractivity (Wildman–Crippen MR) is 127 cm³/mol. The Balaban J connectivity index is 1.35. The molecule has 2 aromatic carbocycles. The molecule has 0 spiro atoms. The number of fused-ring (bicyclic) bond motifs is 1. The minimum atomic E-state index is -0.0569. The van der Waals surface area contributed by atoms with Gasteiger partial charge in [-0.15, -0.1) is 0 Å². The van der Waals surface area contributed by atoms with E-state index in [-0.39, 0.29) is 12.2 Å². The van der Waals surface area contributed by atoms with Gasteiger partial charge in [-0.2, -0.15) is 0 Å². The van der Waals surface area contributed by atoms with Gasteiger partial charge in [0.25, 0.3) is 5.56 Å². The van der Waals surface area contributed by atoms with Crippen LogP contribution in [-0.4, -0.2) is 45.8 Å². The van der Waals surface area contributed by atoms with Crippen LogP contribution in [0.25, 0.3) is 11.1 Å². The van der Waals surface area contributed by atoms with Crippen molar-refractivity contribution in [3.63, 3.8) is 0 Å². The Kier molecular flexibility index (Phi) is 6.06. The molecule has 1 fully saturated rings. The fourth-order valence-electron chi connectivity index (χ4n) is 4.84. The largest absolute Gasteiger partial charge is 0.395 e. The Hall–Kier alpha value is -2.96. The highest BCUT2D eigenvalue weighted by molar-refractivity contribution is 5.63. The van der Waals surface area contributed by atoms with Crippen molar-refractivity contribution in [1.82, 2.24) is 14.5 Å². The zero-order valence-electron chi connectivity index (χ0n) is 18.4. The highest BCUT2D eigenvalue weighted by atomic mass is 16.3. The van der Waals surface area contributed by atoms with E-state index in [0.717, 1.165) is 62.6 Å². The number of aliphatic hydroxyl groups excluding tert-OH is 1. The van der Waals surface area contributed by atoms with Gasteiger partial charge in [-0.1, -0.05) is 54.6 Å². The van der Waals surface area contributed by atoms with Gasteiger partial charge in [-0.05, 0) is 29.5 Å². The van der Waals surface area contributed by atoms with E-state index in [2.05, 4.69) is 58.3 Å². The minimum Gasteiger partial charge on any atom is -0.395 e. The molecule has 0 aliphatic carbocycles. The lowest BCUT2D eigenvalue weighted by Gasteiger charge is -2.30. The second kappa shape index (κ2) is 9.27. The summed E-state index contributed by atoms with van der Waals surface area (Å²) >= 11 is 0. The summed E-state index contributed by atoms with van der Waals surface area (Å²) in [5.74, 6) is 0.741. The molecule has 3 heterocycles. The molecular formula is C26H30N4O2. The lowest BCUT2D eigenvalue weighted by Crippen LogP contribution is -2.40. The second-order valence-electron chi connectivity index (χ2n) is 8.74. The van der Waals surface area contributed by atoms with Crippen LogP contribution in [0.5, 0.6) is 0 Å². The van der Waals surface area contributed by atoms with Gasteiger partial charge in [0.1, 0.15) is 0 Å². The third-order valence-corrected chi connectivity index (χ3v) is 6.55. The Bertz CT molecular complexity index is 1120. The Morgan fingerprint density at radius 3 is 2.34 bits per heavy atom. The van der Waals surface area contributed by atoms with Crippen LogP contribution >= 0.6 is 0 Å². The van der Waals surface area contributed by atoms with Crippen molar-refractivity contribution in [2.45, 2.75) is 38.9 Å². The number of aliphatic hydroxyl groups is 1. The average Bonchev–Trinajstić information content (AvgIpc) is 3.37. The van der Waals surface area contributed by atoms with Gasteiger partial charge < -0.3 is 10.0 Å². The maximum absolute atomic E-state index is 13.3. The van der Waals surface area contributed by atoms with Crippen LogP contribution in [0.2, 0.25) is 0 Å². The van der Waals surface area contributed by atoms with Gasteiger partial charge in [0.2, 0.25) is 5.95 Å². The van der Waals surface area contributed by atoms with Crippen LogP contribution in [0.15, 0.2) is 59.4 Å². The number of aromatic nitrogens is 2. The Morgan fingerprint density at radius 2 is 1.62 bits per heavy atom. The first-order chi connectivity index (χ1) is 15.7. The van der Waals surface area contributed by atoms with Gasteiger partial charge in [0.05, 0.1) is 24.4 Å².